The van der Waals surface area contributed by atoms with E-state index in [4.69, 9.17) is 4.74 Å². The van der Waals surface area contributed by atoms with E-state index < -0.39 is 30.4 Å². The monoisotopic (exact) mass is 608 g/mol. The van der Waals surface area contributed by atoms with Gasteiger partial charge in [-0.25, -0.2) is 15.0 Å². The first-order chi connectivity index (χ1) is 21.5. The number of carbonyl (C=O) groups excluding carboxylic acids is 2. The quantitative estimate of drug-likeness (QED) is 0.168. The van der Waals surface area contributed by atoms with Crippen LogP contribution in [-0.2, 0) is 20.7 Å². The van der Waals surface area contributed by atoms with Crippen LogP contribution in [0.3, 0.4) is 0 Å². The van der Waals surface area contributed by atoms with Gasteiger partial charge in [-0.1, -0.05) is 24.3 Å². The van der Waals surface area contributed by atoms with Gasteiger partial charge in [-0.2, -0.15) is 0 Å². The lowest BCUT2D eigenvalue weighted by Gasteiger charge is -2.24. The summed E-state index contributed by atoms with van der Waals surface area (Å²) in [5.41, 5.74) is 3.38. The molecule has 6 rings (SSSR count). The third-order valence-corrected chi connectivity index (χ3v) is 8.41. The third kappa shape index (κ3) is 6.52. The smallest absolute Gasteiger partial charge is 0.252 e. The maximum absolute atomic E-state index is 13.1. The lowest BCUT2D eigenvalue weighted by atomic mass is 10.1. The molecular formula is C29H40N10O5. The molecule has 4 heterocycles. The van der Waals surface area contributed by atoms with Gasteiger partial charge in [-0.15, -0.1) is 0 Å². The second-order valence-electron chi connectivity index (χ2n) is 11.3. The highest BCUT2D eigenvalue weighted by Crippen LogP contribution is 2.36. The molecule has 0 unspecified atom stereocenters. The van der Waals surface area contributed by atoms with Crippen LogP contribution in [-0.4, -0.2) is 124 Å². The number of anilines is 1. The molecule has 1 aromatic carbocycles. The van der Waals surface area contributed by atoms with Crippen molar-refractivity contribution in [1.29, 1.82) is 0 Å². The summed E-state index contributed by atoms with van der Waals surface area (Å²) in [6.07, 6.45) is -0.737. The Bertz CT molecular complexity index is 1440. The van der Waals surface area contributed by atoms with Crippen LogP contribution in [0.5, 0.6) is 0 Å². The van der Waals surface area contributed by atoms with E-state index in [9.17, 15) is 19.8 Å². The number of nitrogens with one attached hydrogen (secondary N) is 5. The van der Waals surface area contributed by atoms with E-state index in [0.29, 0.717) is 43.2 Å². The van der Waals surface area contributed by atoms with Gasteiger partial charge in [0.2, 0.25) is 5.91 Å². The summed E-state index contributed by atoms with van der Waals surface area (Å²) in [7, 11) is 0. The van der Waals surface area contributed by atoms with Crippen molar-refractivity contribution in [2.45, 2.75) is 43.4 Å². The average molecular weight is 609 g/mol. The van der Waals surface area contributed by atoms with E-state index in [-0.39, 0.29) is 18.5 Å². The number of carbonyl (C=O) groups is 2. The van der Waals surface area contributed by atoms with Crippen LogP contribution in [0.4, 0.5) is 5.82 Å². The first-order valence-corrected chi connectivity index (χ1v) is 15.2. The molecule has 0 saturated carbocycles. The van der Waals surface area contributed by atoms with Gasteiger partial charge in [0.05, 0.1) is 18.9 Å². The maximum Gasteiger partial charge on any atom is 0.252 e. The number of ether oxygens (including phenoxy) is 1. The predicted octanol–water partition coefficient (Wildman–Crippen LogP) is -1.73. The fourth-order valence-electron chi connectivity index (χ4n) is 6.01. The number of amides is 2. The molecule has 44 heavy (non-hydrogen) atoms. The Kier molecular flexibility index (Phi) is 9.59. The number of fused-ring (bicyclic) bond motifs is 2. The number of rotatable bonds is 6. The van der Waals surface area contributed by atoms with Crippen LogP contribution < -0.4 is 26.6 Å². The van der Waals surface area contributed by atoms with Gasteiger partial charge in [-0.05, 0) is 24.0 Å². The van der Waals surface area contributed by atoms with E-state index in [0.717, 1.165) is 39.0 Å². The average Bonchev–Trinajstić information content (AvgIpc) is 3.72. The number of nitrogens with zero attached hydrogens (tertiary/aromatic N) is 5. The highest BCUT2D eigenvalue weighted by Gasteiger charge is 2.48. The van der Waals surface area contributed by atoms with E-state index in [1.807, 2.05) is 12.1 Å². The molecule has 3 aromatic rings. The molecule has 2 fully saturated rings. The van der Waals surface area contributed by atoms with Gasteiger partial charge in [0.25, 0.3) is 5.91 Å². The number of hydrogen-bond donors (Lipinski definition) is 7. The van der Waals surface area contributed by atoms with Crippen molar-refractivity contribution < 1.29 is 24.5 Å². The molecule has 0 radical (unpaired) electrons. The van der Waals surface area contributed by atoms with Crippen molar-refractivity contribution in [3.63, 3.8) is 0 Å². The fraction of sp³-hybridized carbons (Fsp3) is 0.552. The Morgan fingerprint density at radius 2 is 1.68 bits per heavy atom. The van der Waals surface area contributed by atoms with E-state index in [1.165, 1.54) is 28.3 Å². The summed E-state index contributed by atoms with van der Waals surface area (Å²) in [6.45, 7) is 5.29. The number of aliphatic hydroxyl groups is 2. The second kappa shape index (κ2) is 13.9. The number of aliphatic hydroxyl groups excluding tert-OH is 2. The van der Waals surface area contributed by atoms with Crippen molar-refractivity contribution >= 4 is 28.8 Å². The zero-order valence-electron chi connectivity index (χ0n) is 24.5. The minimum atomic E-state index is -1.52. The Morgan fingerprint density at radius 1 is 0.955 bits per heavy atom. The SMILES string of the molecule is O=C(NCC(=O)N1CCNCCNCCNCC1)[C@H]1O[C@@H](n2cnc3c(N[C@H]4CCc5ccccc54)ncnc32)[C@H](O)[C@@H]1O. The molecule has 5 atom stereocenters. The summed E-state index contributed by atoms with van der Waals surface area (Å²) in [6, 6.07) is 8.36. The minimum absolute atomic E-state index is 0.0759. The Morgan fingerprint density at radius 3 is 2.45 bits per heavy atom. The Labute approximate surface area is 254 Å². The van der Waals surface area contributed by atoms with Crippen molar-refractivity contribution in [3.8, 4) is 0 Å². The summed E-state index contributed by atoms with van der Waals surface area (Å²) < 4.78 is 7.36. The van der Waals surface area contributed by atoms with Gasteiger partial charge in [0.15, 0.2) is 29.3 Å². The molecule has 1 aliphatic carbocycles. The predicted molar refractivity (Wildman–Crippen MR) is 161 cm³/mol. The fourth-order valence-corrected chi connectivity index (χ4v) is 6.01. The molecule has 15 nitrogen and oxygen atoms in total. The summed E-state index contributed by atoms with van der Waals surface area (Å²) in [5.74, 6) is -0.394. The van der Waals surface area contributed by atoms with E-state index in [2.05, 4.69) is 53.7 Å². The molecule has 3 aliphatic rings. The number of aromatic nitrogens is 4. The van der Waals surface area contributed by atoms with Crippen molar-refractivity contribution in [3.05, 3.63) is 48.0 Å². The number of hydrogen-bond acceptors (Lipinski definition) is 12. The van der Waals surface area contributed by atoms with Crippen molar-refractivity contribution in [2.24, 2.45) is 0 Å². The molecule has 0 spiro atoms. The Hall–Kier alpha value is -3.73. The largest absolute Gasteiger partial charge is 0.387 e. The molecule has 15 heteroatoms. The standard InChI is InChI=1S/C29H40N10O5/c40-21(38-13-11-31-9-7-30-8-10-32-12-14-38)15-33-28(43)25-23(41)24(42)29(44-25)39-17-36-22-26(34-16-35-27(22)39)37-20-6-5-18-3-1-2-4-19(18)20/h1-4,16-17,20,23-25,29-32,41-42H,5-15H2,(H,33,43)(H,34,35,37)/t20-,23-,24+,25-,29+/m0/s1. The van der Waals surface area contributed by atoms with Gasteiger partial charge >= 0.3 is 0 Å². The topological polar surface area (TPSA) is 191 Å². The normalized spacial score (nSPS) is 26.5. The molecule has 2 aromatic heterocycles. The molecule has 2 aliphatic heterocycles. The Balaban J connectivity index is 1.09. The molecule has 2 saturated heterocycles. The van der Waals surface area contributed by atoms with Gasteiger partial charge < -0.3 is 46.4 Å². The van der Waals surface area contributed by atoms with E-state index >= 15 is 0 Å². The zero-order valence-corrected chi connectivity index (χ0v) is 24.5. The summed E-state index contributed by atoms with van der Waals surface area (Å²) in [4.78, 5) is 40.9. The first-order valence-electron chi connectivity index (χ1n) is 15.2. The van der Waals surface area contributed by atoms with Gasteiger partial charge in [0.1, 0.15) is 18.5 Å². The lowest BCUT2D eigenvalue weighted by molar-refractivity contribution is -0.140. The van der Waals surface area contributed by atoms with Crippen LogP contribution in [0.2, 0.25) is 0 Å². The zero-order chi connectivity index (χ0) is 30.5. The van der Waals surface area contributed by atoms with Crippen LogP contribution >= 0.6 is 0 Å². The number of imidazole rings is 1. The lowest BCUT2D eigenvalue weighted by Crippen LogP contribution is -2.49. The van der Waals surface area contributed by atoms with Crippen LogP contribution in [0.25, 0.3) is 11.2 Å². The highest BCUT2D eigenvalue weighted by atomic mass is 16.6. The van der Waals surface area contributed by atoms with Gasteiger partial charge in [0, 0.05) is 52.4 Å². The minimum Gasteiger partial charge on any atom is -0.387 e. The maximum atomic E-state index is 13.1. The molecule has 0 bridgehead atoms. The summed E-state index contributed by atoms with van der Waals surface area (Å²) in [5, 5.41) is 37.6. The molecule has 2 amide bonds. The molecular weight excluding hydrogens is 568 g/mol. The third-order valence-electron chi connectivity index (χ3n) is 8.41. The first kappa shape index (κ1) is 30.3. The van der Waals surface area contributed by atoms with Gasteiger partial charge in [-0.3, -0.25) is 14.2 Å². The van der Waals surface area contributed by atoms with Crippen LogP contribution in [0, 0.1) is 0 Å². The van der Waals surface area contributed by atoms with Crippen molar-refractivity contribution in [1.82, 2.24) is 45.7 Å². The number of aryl methyl sites for hydroxylation is 1. The molecule has 236 valence electrons. The van der Waals surface area contributed by atoms with E-state index in [1.54, 1.807) is 4.90 Å². The highest BCUT2D eigenvalue weighted by molar-refractivity contribution is 5.88. The number of benzene rings is 1. The summed E-state index contributed by atoms with van der Waals surface area (Å²) >= 11 is 0. The second-order valence-corrected chi connectivity index (χ2v) is 11.3. The van der Waals surface area contributed by atoms with Crippen molar-refractivity contribution in [2.75, 3.05) is 64.2 Å². The van der Waals surface area contributed by atoms with Crippen LogP contribution in [0.15, 0.2) is 36.9 Å². The van der Waals surface area contributed by atoms with Crippen LogP contribution in [0.1, 0.15) is 29.8 Å². The molecule has 7 N–H and O–H groups in total.